The lowest BCUT2D eigenvalue weighted by atomic mass is 10.2. The molecule has 0 bridgehead atoms. The van der Waals surface area contributed by atoms with Gasteiger partial charge in [0.15, 0.2) is 6.29 Å². The van der Waals surface area contributed by atoms with E-state index in [9.17, 15) is 0 Å². The van der Waals surface area contributed by atoms with Crippen molar-refractivity contribution in [2.24, 2.45) is 0 Å². The molecule has 1 saturated heterocycles. The van der Waals surface area contributed by atoms with Gasteiger partial charge in [0, 0.05) is 10.9 Å². The Balaban J connectivity index is 0.000000861. The van der Waals surface area contributed by atoms with Crippen LogP contribution in [0.15, 0.2) is 22.7 Å². The van der Waals surface area contributed by atoms with Crippen molar-refractivity contribution in [1.29, 1.82) is 0 Å². The lowest BCUT2D eigenvalue weighted by molar-refractivity contribution is -0.0492. The van der Waals surface area contributed by atoms with Gasteiger partial charge < -0.3 is 14.2 Å². The topological polar surface area (TPSA) is 27.7 Å². The standard InChI is InChI=1S/C13H17BrO3.C2H6/c1-10-4-5-11(9-12(10)14)15-6-2-3-13-16-7-8-17-13;1-2/h4-5,9,13H,2-3,6-8H2,1H3;1-2H3. The molecule has 0 amide bonds. The fourth-order valence-electron chi connectivity index (χ4n) is 1.68. The van der Waals surface area contributed by atoms with Crippen molar-refractivity contribution in [3.63, 3.8) is 0 Å². The van der Waals surface area contributed by atoms with Crippen LogP contribution in [-0.2, 0) is 9.47 Å². The maximum Gasteiger partial charge on any atom is 0.157 e. The Morgan fingerprint density at radius 1 is 1.26 bits per heavy atom. The van der Waals surface area contributed by atoms with Crippen LogP contribution in [0.5, 0.6) is 5.75 Å². The van der Waals surface area contributed by atoms with Crippen molar-refractivity contribution < 1.29 is 14.2 Å². The van der Waals surface area contributed by atoms with Crippen LogP contribution >= 0.6 is 15.9 Å². The van der Waals surface area contributed by atoms with E-state index in [0.717, 1.165) is 36.3 Å². The first kappa shape index (κ1) is 16.5. The highest BCUT2D eigenvalue weighted by Gasteiger charge is 2.14. The summed E-state index contributed by atoms with van der Waals surface area (Å²) in [6.07, 6.45) is 1.81. The van der Waals surface area contributed by atoms with E-state index in [1.165, 1.54) is 5.56 Å². The molecular formula is C15H23BrO3. The summed E-state index contributed by atoms with van der Waals surface area (Å²) >= 11 is 3.49. The van der Waals surface area contributed by atoms with Gasteiger partial charge in [-0.3, -0.25) is 0 Å². The lowest BCUT2D eigenvalue weighted by Gasteiger charge is -2.10. The number of aryl methyl sites for hydroxylation is 1. The highest BCUT2D eigenvalue weighted by atomic mass is 79.9. The molecule has 0 spiro atoms. The van der Waals surface area contributed by atoms with Crippen LogP contribution in [0, 0.1) is 6.92 Å². The van der Waals surface area contributed by atoms with Crippen molar-refractivity contribution in [2.75, 3.05) is 19.8 Å². The van der Waals surface area contributed by atoms with Crippen LogP contribution in [0.3, 0.4) is 0 Å². The molecule has 0 atom stereocenters. The summed E-state index contributed by atoms with van der Waals surface area (Å²) in [6.45, 7) is 8.19. The molecule has 2 rings (SSSR count). The Bertz CT molecular complexity index is 362. The summed E-state index contributed by atoms with van der Waals surface area (Å²) in [5, 5.41) is 0. The monoisotopic (exact) mass is 330 g/mol. The fourth-order valence-corrected chi connectivity index (χ4v) is 2.04. The van der Waals surface area contributed by atoms with E-state index in [2.05, 4.69) is 22.9 Å². The molecule has 0 aromatic heterocycles. The molecule has 1 aromatic rings. The Labute approximate surface area is 124 Å². The van der Waals surface area contributed by atoms with E-state index < -0.39 is 0 Å². The van der Waals surface area contributed by atoms with E-state index in [1.807, 2.05) is 32.0 Å². The number of hydrogen-bond acceptors (Lipinski definition) is 3. The molecule has 1 fully saturated rings. The zero-order valence-corrected chi connectivity index (χ0v) is 13.5. The molecule has 1 aromatic carbocycles. The molecule has 108 valence electrons. The van der Waals surface area contributed by atoms with Crippen molar-refractivity contribution >= 4 is 15.9 Å². The zero-order valence-electron chi connectivity index (χ0n) is 11.9. The Hall–Kier alpha value is -0.580. The van der Waals surface area contributed by atoms with Crippen molar-refractivity contribution in [3.05, 3.63) is 28.2 Å². The number of benzene rings is 1. The fraction of sp³-hybridized carbons (Fsp3) is 0.600. The third kappa shape index (κ3) is 5.93. The molecule has 1 aliphatic heterocycles. The van der Waals surface area contributed by atoms with Crippen LogP contribution in [0.2, 0.25) is 0 Å². The van der Waals surface area contributed by atoms with Gasteiger partial charge in [0.1, 0.15) is 5.75 Å². The maximum absolute atomic E-state index is 5.66. The second-order valence-corrected chi connectivity index (χ2v) is 4.93. The minimum Gasteiger partial charge on any atom is -0.494 e. The first-order chi connectivity index (χ1) is 9.25. The van der Waals surface area contributed by atoms with Gasteiger partial charge in [-0.15, -0.1) is 0 Å². The number of ether oxygens (including phenoxy) is 3. The van der Waals surface area contributed by atoms with Gasteiger partial charge in [-0.1, -0.05) is 35.8 Å². The van der Waals surface area contributed by atoms with Gasteiger partial charge in [-0.05, 0) is 31.0 Å². The average molecular weight is 331 g/mol. The average Bonchev–Trinajstić information content (AvgIpc) is 2.94. The van der Waals surface area contributed by atoms with Crippen LogP contribution in [0.4, 0.5) is 0 Å². The minimum absolute atomic E-state index is 0.0247. The molecular weight excluding hydrogens is 308 g/mol. The molecule has 4 heteroatoms. The quantitative estimate of drug-likeness (QED) is 0.752. The van der Waals surface area contributed by atoms with Crippen LogP contribution in [0.1, 0.15) is 32.3 Å². The highest BCUT2D eigenvalue weighted by molar-refractivity contribution is 9.10. The molecule has 0 aliphatic carbocycles. The van der Waals surface area contributed by atoms with Crippen LogP contribution in [0.25, 0.3) is 0 Å². The summed E-state index contributed by atoms with van der Waals surface area (Å²) in [5.74, 6) is 0.899. The van der Waals surface area contributed by atoms with Crippen molar-refractivity contribution in [3.8, 4) is 5.75 Å². The van der Waals surface area contributed by atoms with E-state index in [0.29, 0.717) is 6.61 Å². The predicted molar refractivity (Wildman–Crippen MR) is 80.6 cm³/mol. The van der Waals surface area contributed by atoms with Crippen molar-refractivity contribution in [2.45, 2.75) is 39.9 Å². The summed E-state index contributed by atoms with van der Waals surface area (Å²) in [7, 11) is 0. The molecule has 1 heterocycles. The Morgan fingerprint density at radius 3 is 2.58 bits per heavy atom. The Kier molecular flexibility index (Phi) is 8.10. The van der Waals surface area contributed by atoms with Gasteiger partial charge in [0.2, 0.25) is 0 Å². The zero-order chi connectivity index (χ0) is 14.1. The number of rotatable bonds is 5. The summed E-state index contributed by atoms with van der Waals surface area (Å²) in [5.41, 5.74) is 1.21. The van der Waals surface area contributed by atoms with E-state index >= 15 is 0 Å². The SMILES string of the molecule is CC.Cc1ccc(OCCCC2OCCO2)cc1Br. The smallest absolute Gasteiger partial charge is 0.157 e. The highest BCUT2D eigenvalue weighted by Crippen LogP contribution is 2.22. The van der Waals surface area contributed by atoms with Crippen LogP contribution in [-0.4, -0.2) is 26.1 Å². The minimum atomic E-state index is -0.0247. The third-order valence-corrected chi connectivity index (χ3v) is 3.54. The normalized spacial score (nSPS) is 14.9. The van der Waals surface area contributed by atoms with E-state index in [-0.39, 0.29) is 6.29 Å². The number of hydrogen-bond donors (Lipinski definition) is 0. The van der Waals surface area contributed by atoms with Gasteiger partial charge in [0.25, 0.3) is 0 Å². The van der Waals surface area contributed by atoms with Gasteiger partial charge in [0.05, 0.1) is 19.8 Å². The molecule has 0 N–H and O–H groups in total. The number of halogens is 1. The predicted octanol–water partition coefficient (Wildman–Crippen LogP) is 4.32. The lowest BCUT2D eigenvalue weighted by Crippen LogP contribution is -2.09. The second-order valence-electron chi connectivity index (χ2n) is 4.07. The largest absolute Gasteiger partial charge is 0.494 e. The van der Waals surface area contributed by atoms with Gasteiger partial charge in [-0.2, -0.15) is 0 Å². The summed E-state index contributed by atoms with van der Waals surface area (Å²) in [4.78, 5) is 0. The summed E-state index contributed by atoms with van der Waals surface area (Å²) < 4.78 is 17.5. The first-order valence-corrected chi connectivity index (χ1v) is 7.67. The molecule has 0 unspecified atom stereocenters. The van der Waals surface area contributed by atoms with E-state index in [1.54, 1.807) is 0 Å². The summed E-state index contributed by atoms with van der Waals surface area (Å²) in [6, 6.07) is 6.03. The molecule has 19 heavy (non-hydrogen) atoms. The van der Waals surface area contributed by atoms with Gasteiger partial charge in [-0.25, -0.2) is 0 Å². The Morgan fingerprint density at radius 2 is 1.95 bits per heavy atom. The van der Waals surface area contributed by atoms with E-state index in [4.69, 9.17) is 14.2 Å². The van der Waals surface area contributed by atoms with Crippen molar-refractivity contribution in [1.82, 2.24) is 0 Å². The molecule has 0 saturated carbocycles. The third-order valence-electron chi connectivity index (χ3n) is 2.69. The molecule has 0 radical (unpaired) electrons. The van der Waals surface area contributed by atoms with Gasteiger partial charge >= 0.3 is 0 Å². The van der Waals surface area contributed by atoms with Crippen LogP contribution < -0.4 is 4.74 Å². The molecule has 3 nitrogen and oxygen atoms in total. The second kappa shape index (κ2) is 9.34. The maximum atomic E-state index is 5.66. The molecule has 1 aliphatic rings. The first-order valence-electron chi connectivity index (χ1n) is 6.88.